The van der Waals surface area contributed by atoms with Crippen LogP contribution in [0.1, 0.15) is 33.5 Å². The number of likely N-dealkylation sites (tertiary alicyclic amines) is 1. The summed E-state index contributed by atoms with van der Waals surface area (Å²) in [6.45, 7) is 6.57. The van der Waals surface area contributed by atoms with Gasteiger partial charge in [0.2, 0.25) is 10.0 Å². The number of pyridine rings is 1. The number of rotatable bonds is 8. The van der Waals surface area contributed by atoms with Crippen LogP contribution in [-0.2, 0) is 20.5 Å². The molecule has 0 aliphatic carbocycles. The van der Waals surface area contributed by atoms with E-state index in [1.807, 2.05) is 68.4 Å². The number of hydrogen-bond donors (Lipinski definition) is 0. The number of ether oxygens (including phenoxy) is 2. The number of carbonyl (C=O) groups excluding carboxylic acids is 1. The van der Waals surface area contributed by atoms with E-state index in [9.17, 15) is 13.2 Å². The fourth-order valence-corrected chi connectivity index (χ4v) is 8.12. The van der Waals surface area contributed by atoms with Crippen molar-refractivity contribution in [1.82, 2.24) is 14.2 Å². The number of methoxy groups -OCH3 is 1. The zero-order valence-electron chi connectivity index (χ0n) is 23.7. The second-order valence-corrected chi connectivity index (χ2v) is 13.3. The highest BCUT2D eigenvalue weighted by Gasteiger charge is 2.58. The predicted molar refractivity (Wildman–Crippen MR) is 157 cm³/mol. The molecule has 1 amide bonds. The molecule has 0 radical (unpaired) electrons. The zero-order valence-corrected chi connectivity index (χ0v) is 24.5. The summed E-state index contributed by atoms with van der Waals surface area (Å²) < 4.78 is 40.6. The lowest BCUT2D eigenvalue weighted by molar-refractivity contribution is 0.0339. The van der Waals surface area contributed by atoms with Gasteiger partial charge < -0.3 is 19.3 Å². The summed E-state index contributed by atoms with van der Waals surface area (Å²) in [5, 5.41) is 0. The number of amides is 1. The molecule has 2 atom stereocenters. The molecule has 0 saturated carbocycles. The average molecular weight is 577 g/mol. The minimum atomic E-state index is -3.52. The van der Waals surface area contributed by atoms with Crippen LogP contribution in [0, 0.1) is 13.8 Å². The maximum atomic E-state index is 13.5. The molecule has 1 spiro atoms. The largest absolute Gasteiger partial charge is 0.486 e. The van der Waals surface area contributed by atoms with Crippen molar-refractivity contribution in [3.05, 3.63) is 89.1 Å². The molecule has 4 heterocycles. The second-order valence-electron chi connectivity index (χ2n) is 11.5. The third kappa shape index (κ3) is 5.31. The molecule has 3 aliphatic heterocycles. The van der Waals surface area contributed by atoms with Crippen molar-refractivity contribution in [3.8, 4) is 5.75 Å². The van der Waals surface area contributed by atoms with E-state index < -0.39 is 10.0 Å². The molecular formula is C31H36N4O5S. The van der Waals surface area contributed by atoms with E-state index in [2.05, 4.69) is 9.88 Å². The van der Waals surface area contributed by atoms with Gasteiger partial charge in [0, 0.05) is 38.5 Å². The summed E-state index contributed by atoms with van der Waals surface area (Å²) in [6, 6.07) is 18.9. The van der Waals surface area contributed by atoms with E-state index in [1.165, 1.54) is 0 Å². The lowest BCUT2D eigenvalue weighted by atomic mass is 9.80. The zero-order chi connectivity index (χ0) is 28.8. The van der Waals surface area contributed by atoms with Crippen molar-refractivity contribution in [2.45, 2.75) is 43.8 Å². The smallest absolute Gasteiger partial charge is 0.254 e. The van der Waals surface area contributed by atoms with Gasteiger partial charge in [-0.1, -0.05) is 35.9 Å². The fraction of sp³-hybridized carbons (Fsp3) is 0.419. The highest BCUT2D eigenvalue weighted by Crippen LogP contribution is 2.43. The van der Waals surface area contributed by atoms with Crippen LogP contribution in [-0.4, -0.2) is 86.1 Å². The van der Waals surface area contributed by atoms with E-state index >= 15 is 0 Å². The molecule has 9 nitrogen and oxygen atoms in total. The van der Waals surface area contributed by atoms with Gasteiger partial charge in [0.25, 0.3) is 5.91 Å². The number of aryl methyl sites for hydroxylation is 2. The molecule has 0 bridgehead atoms. The number of aromatic nitrogens is 1. The Morgan fingerprint density at radius 3 is 2.54 bits per heavy atom. The highest BCUT2D eigenvalue weighted by molar-refractivity contribution is 7.88. The summed E-state index contributed by atoms with van der Waals surface area (Å²) in [6.07, 6.45) is 1.95. The SMILES string of the molecule is CO[C@@H]1CN(C(=O)c2cc(C)ccc2C)C[C@H]1Oc1cccc(CS(=O)(=O)N2CCC23CN(c2ccccn2)C3)c1. The summed E-state index contributed by atoms with van der Waals surface area (Å²) in [5.41, 5.74) is 2.98. The maximum absolute atomic E-state index is 13.5. The Labute approximate surface area is 241 Å². The summed E-state index contributed by atoms with van der Waals surface area (Å²) in [5.74, 6) is 1.31. The van der Waals surface area contributed by atoms with E-state index in [1.54, 1.807) is 28.6 Å². The Morgan fingerprint density at radius 1 is 1.02 bits per heavy atom. The third-order valence-electron chi connectivity index (χ3n) is 8.55. The number of sulfonamides is 1. The first-order chi connectivity index (χ1) is 19.7. The standard InChI is InChI=1S/C31H36N4O5S/c1-22-10-11-23(2)26(15-22)30(36)33-17-27(39-3)28(18-33)40-25-8-6-7-24(16-25)19-41(37,38)35-14-12-31(35)20-34(21-31)29-9-4-5-13-32-29/h4-11,13,15-16,27-28H,12,14,17-21H2,1-3H3/t27-,28-/m1/s1. The first-order valence-electron chi connectivity index (χ1n) is 14.0. The maximum Gasteiger partial charge on any atom is 0.254 e. The lowest BCUT2D eigenvalue weighted by Gasteiger charge is -2.61. The van der Waals surface area contributed by atoms with Gasteiger partial charge in [-0.3, -0.25) is 4.79 Å². The first kappa shape index (κ1) is 27.7. The molecule has 216 valence electrons. The van der Waals surface area contributed by atoms with Gasteiger partial charge in [-0.25, -0.2) is 13.4 Å². The Balaban J connectivity index is 1.10. The summed E-state index contributed by atoms with van der Waals surface area (Å²) in [7, 11) is -1.90. The van der Waals surface area contributed by atoms with Crippen LogP contribution in [0.5, 0.6) is 5.75 Å². The Bertz CT molecular complexity index is 1540. The molecule has 3 aromatic rings. The summed E-state index contributed by atoms with van der Waals surface area (Å²) in [4.78, 5) is 21.6. The number of anilines is 1. The van der Waals surface area contributed by atoms with Crippen LogP contribution < -0.4 is 9.64 Å². The molecule has 0 N–H and O–H groups in total. The molecule has 2 aromatic carbocycles. The monoisotopic (exact) mass is 576 g/mol. The third-order valence-corrected chi connectivity index (χ3v) is 10.5. The molecule has 10 heteroatoms. The highest BCUT2D eigenvalue weighted by atomic mass is 32.2. The average Bonchev–Trinajstić information content (AvgIpc) is 3.31. The minimum absolute atomic E-state index is 0.0414. The topological polar surface area (TPSA) is 92.3 Å². The number of benzene rings is 2. The van der Waals surface area contributed by atoms with Gasteiger partial charge in [-0.15, -0.1) is 0 Å². The van der Waals surface area contributed by atoms with Crippen LogP contribution in [0.25, 0.3) is 0 Å². The number of hydrogen-bond acceptors (Lipinski definition) is 7. The second kappa shape index (κ2) is 10.7. The number of carbonyl (C=O) groups is 1. The fourth-order valence-electron chi connectivity index (χ4n) is 6.19. The molecule has 3 saturated heterocycles. The van der Waals surface area contributed by atoms with Crippen molar-refractivity contribution >= 4 is 21.7 Å². The Hall–Kier alpha value is -3.47. The van der Waals surface area contributed by atoms with Crippen LogP contribution >= 0.6 is 0 Å². The van der Waals surface area contributed by atoms with Gasteiger partial charge >= 0.3 is 0 Å². The van der Waals surface area contributed by atoms with E-state index in [-0.39, 0.29) is 29.4 Å². The van der Waals surface area contributed by atoms with Crippen LogP contribution in [0.15, 0.2) is 66.9 Å². The number of nitrogens with zero attached hydrogens (tertiary/aromatic N) is 4. The van der Waals surface area contributed by atoms with Gasteiger partial charge in [0.15, 0.2) is 0 Å². The van der Waals surface area contributed by atoms with Crippen LogP contribution in [0.2, 0.25) is 0 Å². The van der Waals surface area contributed by atoms with Crippen LogP contribution in [0.3, 0.4) is 0 Å². The van der Waals surface area contributed by atoms with Crippen molar-refractivity contribution in [2.75, 3.05) is 44.7 Å². The molecule has 0 unspecified atom stereocenters. The predicted octanol–water partition coefficient (Wildman–Crippen LogP) is 3.41. The molecule has 6 rings (SSSR count). The Kier molecular flexibility index (Phi) is 7.25. The molecule has 41 heavy (non-hydrogen) atoms. The van der Waals surface area contributed by atoms with Crippen molar-refractivity contribution in [1.29, 1.82) is 0 Å². The van der Waals surface area contributed by atoms with E-state index in [0.717, 1.165) is 23.4 Å². The van der Waals surface area contributed by atoms with Gasteiger partial charge in [0.05, 0.1) is 24.4 Å². The minimum Gasteiger partial charge on any atom is -0.486 e. The van der Waals surface area contributed by atoms with Crippen molar-refractivity contribution in [3.63, 3.8) is 0 Å². The molecular weight excluding hydrogens is 540 g/mol. The van der Waals surface area contributed by atoms with E-state index in [4.69, 9.17) is 9.47 Å². The first-order valence-corrected chi connectivity index (χ1v) is 15.6. The van der Waals surface area contributed by atoms with Crippen molar-refractivity contribution < 1.29 is 22.7 Å². The Morgan fingerprint density at radius 2 is 1.83 bits per heavy atom. The molecule has 3 aliphatic rings. The van der Waals surface area contributed by atoms with Crippen LogP contribution in [0.4, 0.5) is 5.82 Å². The quantitative estimate of drug-likeness (QED) is 0.406. The summed E-state index contributed by atoms with van der Waals surface area (Å²) >= 11 is 0. The molecule has 1 aromatic heterocycles. The van der Waals surface area contributed by atoms with Crippen molar-refractivity contribution in [2.24, 2.45) is 0 Å². The van der Waals surface area contributed by atoms with Gasteiger partial charge in [0.1, 0.15) is 23.8 Å². The van der Waals surface area contributed by atoms with Gasteiger partial charge in [-0.05, 0) is 61.7 Å². The van der Waals surface area contributed by atoms with Gasteiger partial charge in [-0.2, -0.15) is 4.31 Å². The molecule has 3 fully saturated rings. The van der Waals surface area contributed by atoms with E-state index in [0.29, 0.717) is 49.6 Å². The lowest BCUT2D eigenvalue weighted by Crippen LogP contribution is -2.78. The normalized spacial score (nSPS) is 21.9.